The fraction of sp³-hybridized carbons (Fsp3) is 0.176. The van der Waals surface area contributed by atoms with Gasteiger partial charge in [0.1, 0.15) is 11.6 Å². The zero-order valence-corrected chi connectivity index (χ0v) is 12.4. The van der Waals surface area contributed by atoms with Crippen molar-refractivity contribution in [2.24, 2.45) is 0 Å². The summed E-state index contributed by atoms with van der Waals surface area (Å²) in [5.41, 5.74) is 1.39. The topological polar surface area (TPSA) is 67.4 Å². The third-order valence-electron chi connectivity index (χ3n) is 3.48. The molecular formula is C17H15FN2O3. The van der Waals surface area contributed by atoms with E-state index in [4.69, 9.17) is 4.74 Å². The van der Waals surface area contributed by atoms with Crippen molar-refractivity contribution in [1.82, 2.24) is 0 Å². The summed E-state index contributed by atoms with van der Waals surface area (Å²) < 4.78 is 19.2. The zero-order valence-electron chi connectivity index (χ0n) is 12.4. The van der Waals surface area contributed by atoms with Crippen molar-refractivity contribution in [2.75, 3.05) is 10.6 Å². The van der Waals surface area contributed by atoms with E-state index in [1.807, 2.05) is 24.3 Å². The molecule has 2 aromatic carbocycles. The number of carbonyl (C=O) groups excluding carboxylic acids is 2. The Morgan fingerprint density at radius 2 is 1.96 bits per heavy atom. The van der Waals surface area contributed by atoms with Crippen LogP contribution in [0.1, 0.15) is 12.5 Å². The van der Waals surface area contributed by atoms with Crippen LogP contribution in [0.2, 0.25) is 0 Å². The number of hydrogen-bond donors (Lipinski definition) is 2. The van der Waals surface area contributed by atoms with Gasteiger partial charge in [0.15, 0.2) is 6.10 Å². The van der Waals surface area contributed by atoms with Gasteiger partial charge in [0.2, 0.25) is 5.91 Å². The van der Waals surface area contributed by atoms with Gasteiger partial charge in [-0.15, -0.1) is 0 Å². The number of carbonyl (C=O) groups is 2. The van der Waals surface area contributed by atoms with Gasteiger partial charge in [-0.1, -0.05) is 18.2 Å². The second kappa shape index (κ2) is 6.08. The van der Waals surface area contributed by atoms with Gasteiger partial charge in [0.05, 0.1) is 5.69 Å². The van der Waals surface area contributed by atoms with Gasteiger partial charge >= 0.3 is 0 Å². The van der Waals surface area contributed by atoms with E-state index in [1.54, 1.807) is 0 Å². The van der Waals surface area contributed by atoms with Crippen molar-refractivity contribution >= 4 is 23.2 Å². The highest BCUT2D eigenvalue weighted by molar-refractivity contribution is 5.96. The second-order valence-corrected chi connectivity index (χ2v) is 5.28. The third kappa shape index (κ3) is 3.31. The minimum atomic E-state index is -0.623. The summed E-state index contributed by atoms with van der Waals surface area (Å²) in [7, 11) is 0. The first-order valence-electron chi connectivity index (χ1n) is 7.15. The number of amides is 2. The third-order valence-corrected chi connectivity index (χ3v) is 3.48. The van der Waals surface area contributed by atoms with Crippen molar-refractivity contribution in [3.8, 4) is 5.75 Å². The molecule has 118 valence electrons. The van der Waals surface area contributed by atoms with Crippen LogP contribution in [-0.4, -0.2) is 17.9 Å². The maximum absolute atomic E-state index is 13.6. The summed E-state index contributed by atoms with van der Waals surface area (Å²) in [6.07, 6.45) is -0.136. The van der Waals surface area contributed by atoms with Crippen molar-refractivity contribution < 1.29 is 18.7 Å². The number of ether oxygens (including phenoxy) is 1. The summed E-state index contributed by atoms with van der Waals surface area (Å²) in [5.74, 6) is -0.572. The number of anilines is 2. The average molecular weight is 314 g/mol. The molecule has 0 radical (unpaired) electrons. The second-order valence-electron chi connectivity index (χ2n) is 5.28. The number of fused-ring (bicyclic) bond motifs is 1. The molecular weight excluding hydrogens is 299 g/mol. The molecule has 0 aromatic heterocycles. The van der Waals surface area contributed by atoms with Crippen LogP contribution in [-0.2, 0) is 16.0 Å². The lowest BCUT2D eigenvalue weighted by atomic mass is 10.1. The maximum atomic E-state index is 13.6. The van der Waals surface area contributed by atoms with Crippen LogP contribution in [0.15, 0.2) is 42.5 Å². The Kier molecular flexibility index (Phi) is 3.97. The van der Waals surface area contributed by atoms with Crippen molar-refractivity contribution in [3.63, 3.8) is 0 Å². The number of benzene rings is 2. The summed E-state index contributed by atoms with van der Waals surface area (Å²) in [6, 6.07) is 11.5. The Balaban J connectivity index is 1.70. The van der Waals surface area contributed by atoms with E-state index in [0.29, 0.717) is 17.9 Å². The van der Waals surface area contributed by atoms with Crippen molar-refractivity contribution in [1.29, 1.82) is 0 Å². The van der Waals surface area contributed by atoms with Gasteiger partial charge < -0.3 is 15.4 Å². The lowest BCUT2D eigenvalue weighted by Crippen LogP contribution is -2.31. The number of halogens is 1. The molecule has 2 aromatic rings. The Morgan fingerprint density at radius 1 is 1.17 bits per heavy atom. The van der Waals surface area contributed by atoms with Crippen molar-refractivity contribution in [2.45, 2.75) is 19.4 Å². The Bertz CT molecular complexity index is 751. The van der Waals surface area contributed by atoms with Crippen LogP contribution in [0.25, 0.3) is 0 Å². The lowest BCUT2D eigenvalue weighted by molar-refractivity contribution is -0.122. The minimum absolute atomic E-state index is 0.0194. The molecule has 1 heterocycles. The van der Waals surface area contributed by atoms with Crippen LogP contribution in [0.5, 0.6) is 5.75 Å². The molecule has 0 aliphatic carbocycles. The molecule has 3 rings (SSSR count). The molecule has 0 spiro atoms. The highest BCUT2D eigenvalue weighted by atomic mass is 19.1. The fourth-order valence-electron chi connectivity index (χ4n) is 2.44. The van der Waals surface area contributed by atoms with E-state index < -0.39 is 11.9 Å². The standard InChI is InChI=1S/C17H15FN2O3/c1-10(21)19-14-9-12(6-7-13(14)18)20-17(22)16-8-11-4-2-3-5-15(11)23-16/h2-7,9,16H,8H2,1H3,(H,19,21)(H,20,22). The molecule has 2 amide bonds. The summed E-state index contributed by atoms with van der Waals surface area (Å²) >= 11 is 0. The zero-order chi connectivity index (χ0) is 16.4. The molecule has 1 atom stereocenters. The highest BCUT2D eigenvalue weighted by Crippen LogP contribution is 2.29. The molecule has 0 saturated heterocycles. The molecule has 1 aliphatic heterocycles. The van der Waals surface area contributed by atoms with Crippen LogP contribution in [0.3, 0.4) is 0 Å². The van der Waals surface area contributed by atoms with Crippen LogP contribution in [0, 0.1) is 5.82 Å². The molecule has 1 unspecified atom stereocenters. The van der Waals surface area contributed by atoms with Crippen LogP contribution < -0.4 is 15.4 Å². The van der Waals surface area contributed by atoms with Gasteiger partial charge in [-0.2, -0.15) is 0 Å². The van der Waals surface area contributed by atoms with E-state index in [0.717, 1.165) is 5.56 Å². The first-order chi connectivity index (χ1) is 11.0. The van der Waals surface area contributed by atoms with Gasteiger partial charge in [-0.3, -0.25) is 9.59 Å². The molecule has 2 N–H and O–H groups in total. The van der Waals surface area contributed by atoms with Crippen molar-refractivity contribution in [3.05, 3.63) is 53.8 Å². The van der Waals surface area contributed by atoms with E-state index in [2.05, 4.69) is 10.6 Å². The minimum Gasteiger partial charge on any atom is -0.480 e. The van der Waals surface area contributed by atoms with E-state index in [-0.39, 0.29) is 17.5 Å². The molecule has 0 saturated carbocycles. The molecule has 1 aliphatic rings. The summed E-state index contributed by atoms with van der Waals surface area (Å²) in [5, 5.41) is 5.05. The normalized spacial score (nSPS) is 15.5. The maximum Gasteiger partial charge on any atom is 0.265 e. The Morgan fingerprint density at radius 3 is 2.70 bits per heavy atom. The quantitative estimate of drug-likeness (QED) is 0.915. The first-order valence-corrected chi connectivity index (χ1v) is 7.15. The number of hydrogen-bond acceptors (Lipinski definition) is 3. The van der Waals surface area contributed by atoms with Gasteiger partial charge in [0, 0.05) is 19.0 Å². The van der Waals surface area contributed by atoms with Gasteiger partial charge in [-0.05, 0) is 29.8 Å². The molecule has 0 bridgehead atoms. The molecule has 6 heteroatoms. The number of rotatable bonds is 3. The summed E-state index contributed by atoms with van der Waals surface area (Å²) in [4.78, 5) is 23.3. The largest absolute Gasteiger partial charge is 0.480 e. The van der Waals surface area contributed by atoms with E-state index in [9.17, 15) is 14.0 Å². The van der Waals surface area contributed by atoms with Crippen LogP contribution in [0.4, 0.5) is 15.8 Å². The van der Waals surface area contributed by atoms with Gasteiger partial charge in [-0.25, -0.2) is 4.39 Å². The first kappa shape index (κ1) is 15.0. The predicted octanol–water partition coefficient (Wildman–Crippen LogP) is 2.73. The smallest absolute Gasteiger partial charge is 0.265 e. The molecule has 0 fully saturated rings. The fourth-order valence-corrected chi connectivity index (χ4v) is 2.44. The predicted molar refractivity (Wildman–Crippen MR) is 83.9 cm³/mol. The SMILES string of the molecule is CC(=O)Nc1cc(NC(=O)C2Cc3ccccc3O2)ccc1F. The summed E-state index contributed by atoms with van der Waals surface area (Å²) in [6.45, 7) is 1.29. The van der Waals surface area contributed by atoms with E-state index >= 15 is 0 Å². The molecule has 23 heavy (non-hydrogen) atoms. The molecule has 5 nitrogen and oxygen atoms in total. The number of para-hydroxylation sites is 1. The Labute approximate surface area is 132 Å². The lowest BCUT2D eigenvalue weighted by Gasteiger charge is -2.12. The number of nitrogens with one attached hydrogen (secondary N) is 2. The monoisotopic (exact) mass is 314 g/mol. The highest BCUT2D eigenvalue weighted by Gasteiger charge is 2.28. The average Bonchev–Trinajstić information content (AvgIpc) is 2.94. The van der Waals surface area contributed by atoms with Crippen LogP contribution >= 0.6 is 0 Å². The van der Waals surface area contributed by atoms with Gasteiger partial charge in [0.25, 0.3) is 5.91 Å². The van der Waals surface area contributed by atoms with E-state index in [1.165, 1.54) is 25.1 Å². The Hall–Kier alpha value is -2.89.